The summed E-state index contributed by atoms with van der Waals surface area (Å²) in [6.45, 7) is 21.0. The Morgan fingerprint density at radius 3 is 2.17 bits per heavy atom. The average Bonchev–Trinajstić information content (AvgIpc) is 2.89. The predicted octanol–water partition coefficient (Wildman–Crippen LogP) is 10.1. The van der Waals surface area contributed by atoms with Crippen LogP contribution in [0.5, 0.6) is 0 Å². The van der Waals surface area contributed by atoms with Crippen LogP contribution in [0.4, 0.5) is 0 Å². The number of rotatable bonds is 11. The molecule has 2 heteroatoms. The van der Waals surface area contributed by atoms with E-state index in [1.165, 1.54) is 27.7 Å². The molecule has 0 aromatic heterocycles. The second-order valence-electron chi connectivity index (χ2n) is 9.11. The largest absolute Gasteiger partial charge is 0.433 e. The summed E-state index contributed by atoms with van der Waals surface area (Å²) in [6.07, 6.45) is 14.6. The van der Waals surface area contributed by atoms with Gasteiger partial charge in [-0.2, -0.15) is 0 Å². The lowest BCUT2D eigenvalue weighted by Gasteiger charge is -2.23. The Kier molecular flexibility index (Phi) is 14.4. The van der Waals surface area contributed by atoms with Crippen LogP contribution in [0.15, 0.2) is 97.5 Å². The minimum absolute atomic E-state index is 0.219. The van der Waals surface area contributed by atoms with Crippen molar-refractivity contribution in [2.75, 3.05) is 7.11 Å². The zero-order valence-electron chi connectivity index (χ0n) is 23.1. The second kappa shape index (κ2) is 16.7. The summed E-state index contributed by atoms with van der Waals surface area (Å²) in [5.74, 6) is 1.18. The molecule has 186 valence electrons. The van der Waals surface area contributed by atoms with Gasteiger partial charge in [-0.05, 0) is 65.9 Å². The molecular weight excluding hydrogens is 423 g/mol. The van der Waals surface area contributed by atoms with Gasteiger partial charge in [0.25, 0.3) is 0 Å². The third-order valence-corrected chi connectivity index (χ3v) is 6.35. The monoisotopic (exact) mass is 468 g/mol. The normalized spacial score (nSPS) is 12.8. The fourth-order valence-corrected chi connectivity index (χ4v) is 3.87. The van der Waals surface area contributed by atoms with Crippen molar-refractivity contribution in [1.82, 2.24) is 0 Å². The molecule has 0 saturated carbocycles. The Balaban J connectivity index is 0.000000383. The van der Waals surface area contributed by atoms with Crippen LogP contribution in [0.2, 0.25) is 5.82 Å². The van der Waals surface area contributed by atoms with E-state index in [1.807, 2.05) is 19.1 Å². The van der Waals surface area contributed by atoms with Crippen molar-refractivity contribution in [3.8, 4) is 11.1 Å². The highest BCUT2D eigenvalue weighted by Gasteiger charge is 2.27. The van der Waals surface area contributed by atoms with Crippen LogP contribution in [-0.4, -0.2) is 14.0 Å². The Bertz CT molecular complexity index is 992. The highest BCUT2D eigenvalue weighted by Crippen LogP contribution is 2.26. The molecule has 2 aromatic rings. The molecule has 2 aromatic carbocycles. The van der Waals surface area contributed by atoms with E-state index < -0.39 is 0 Å². The first-order valence-corrected chi connectivity index (χ1v) is 12.8. The van der Waals surface area contributed by atoms with Crippen LogP contribution in [0.25, 0.3) is 22.8 Å². The van der Waals surface area contributed by atoms with Gasteiger partial charge in [0.2, 0.25) is 0 Å². The number of unbranched alkanes of at least 4 members (excludes halogenated alkanes) is 1. The van der Waals surface area contributed by atoms with Crippen LogP contribution < -0.4 is 0 Å². The number of hydrogen-bond acceptors (Lipinski definition) is 1. The van der Waals surface area contributed by atoms with Crippen molar-refractivity contribution in [1.29, 1.82) is 0 Å². The molecule has 0 heterocycles. The second-order valence-corrected chi connectivity index (χ2v) is 9.11. The van der Waals surface area contributed by atoms with E-state index in [-0.39, 0.29) is 6.92 Å². The van der Waals surface area contributed by atoms with Crippen molar-refractivity contribution in [3.63, 3.8) is 0 Å². The van der Waals surface area contributed by atoms with Gasteiger partial charge in [0.1, 0.15) is 0 Å². The maximum atomic E-state index is 5.56. The average molecular weight is 469 g/mol. The summed E-state index contributed by atoms with van der Waals surface area (Å²) >= 11 is 0. The van der Waals surface area contributed by atoms with E-state index in [0.29, 0.717) is 11.7 Å². The molecule has 0 fully saturated rings. The van der Waals surface area contributed by atoms with E-state index >= 15 is 0 Å². The Morgan fingerprint density at radius 1 is 1.00 bits per heavy atom. The summed E-state index contributed by atoms with van der Waals surface area (Å²) in [5.41, 5.74) is 7.30. The third kappa shape index (κ3) is 9.74. The van der Waals surface area contributed by atoms with Crippen molar-refractivity contribution in [2.24, 2.45) is 5.92 Å². The standard InChI is InChI=1S/C21H22.C12H23BO/c1-4-7-10-18(6-3)19-12-14-20(15-13-19)21-11-8-9-17(5-2)16-21;1-7-9-12(8-2)13(14-6)11(5)10(3)4/h5-6,8-16H,2-4,7H2,1H3;7-11H,1-6H3/b18-10+;9-7-,12-8+. The van der Waals surface area contributed by atoms with Gasteiger partial charge in [-0.1, -0.05) is 132 Å². The molecular formula is C33H45BO. The van der Waals surface area contributed by atoms with Gasteiger partial charge in [-0.15, -0.1) is 0 Å². The van der Waals surface area contributed by atoms with Gasteiger partial charge >= 0.3 is 6.92 Å². The molecule has 1 unspecified atom stereocenters. The first-order chi connectivity index (χ1) is 16.9. The lowest BCUT2D eigenvalue weighted by Crippen LogP contribution is -2.27. The van der Waals surface area contributed by atoms with E-state index in [2.05, 4.69) is 121 Å². The number of benzene rings is 2. The van der Waals surface area contributed by atoms with E-state index in [4.69, 9.17) is 4.65 Å². The molecule has 1 nitrogen and oxygen atoms in total. The fraction of sp³-hybridized carbons (Fsp3) is 0.333. The molecule has 35 heavy (non-hydrogen) atoms. The molecule has 0 amide bonds. The van der Waals surface area contributed by atoms with Crippen LogP contribution in [0, 0.1) is 5.92 Å². The molecule has 0 saturated heterocycles. The summed E-state index contributed by atoms with van der Waals surface area (Å²) < 4.78 is 5.56. The minimum atomic E-state index is 0.219. The van der Waals surface area contributed by atoms with Crippen LogP contribution in [-0.2, 0) is 4.65 Å². The summed E-state index contributed by atoms with van der Waals surface area (Å²) in [6, 6.07) is 17.1. The molecule has 0 aliphatic rings. The Labute approximate surface area is 216 Å². The first kappa shape index (κ1) is 30.2. The van der Waals surface area contributed by atoms with Crippen molar-refractivity contribution < 1.29 is 4.65 Å². The summed E-state index contributed by atoms with van der Waals surface area (Å²) in [4.78, 5) is 0. The molecule has 0 aliphatic heterocycles. The molecule has 0 spiro atoms. The molecule has 2 rings (SSSR count). The fourth-order valence-electron chi connectivity index (χ4n) is 3.87. The van der Waals surface area contributed by atoms with Gasteiger partial charge in [0.05, 0.1) is 0 Å². The maximum Gasteiger partial charge on any atom is 0.329 e. The van der Waals surface area contributed by atoms with Crippen molar-refractivity contribution >= 4 is 18.6 Å². The Morgan fingerprint density at radius 2 is 1.69 bits per heavy atom. The highest BCUT2D eigenvalue weighted by atomic mass is 16.4. The molecule has 0 bridgehead atoms. The van der Waals surface area contributed by atoms with Crippen LogP contribution >= 0.6 is 0 Å². The van der Waals surface area contributed by atoms with Gasteiger partial charge < -0.3 is 4.65 Å². The van der Waals surface area contributed by atoms with E-state index in [0.717, 1.165) is 18.4 Å². The lowest BCUT2D eigenvalue weighted by molar-refractivity contribution is 0.401. The summed E-state index contributed by atoms with van der Waals surface area (Å²) in [7, 11) is 1.79. The van der Waals surface area contributed by atoms with E-state index in [1.54, 1.807) is 7.11 Å². The van der Waals surface area contributed by atoms with Crippen molar-refractivity contribution in [2.45, 2.75) is 60.2 Å². The van der Waals surface area contributed by atoms with Gasteiger partial charge in [-0.25, -0.2) is 0 Å². The maximum absolute atomic E-state index is 5.56. The molecule has 0 radical (unpaired) electrons. The minimum Gasteiger partial charge on any atom is -0.433 e. The predicted molar refractivity (Wildman–Crippen MR) is 161 cm³/mol. The topological polar surface area (TPSA) is 9.23 Å². The smallest absolute Gasteiger partial charge is 0.329 e. The zero-order chi connectivity index (χ0) is 26.2. The molecule has 0 N–H and O–H groups in total. The lowest BCUT2D eigenvalue weighted by atomic mass is 9.48. The number of allylic oxidation sites excluding steroid dienone is 7. The summed E-state index contributed by atoms with van der Waals surface area (Å²) in [5, 5.41) is 0. The number of hydrogen-bond donors (Lipinski definition) is 0. The van der Waals surface area contributed by atoms with E-state index in [9.17, 15) is 0 Å². The van der Waals surface area contributed by atoms with Crippen LogP contribution in [0.3, 0.4) is 0 Å². The molecule has 1 atom stereocenters. The Hall–Kier alpha value is -2.84. The van der Waals surface area contributed by atoms with Gasteiger partial charge in [0, 0.05) is 7.11 Å². The quantitative estimate of drug-likeness (QED) is 0.235. The van der Waals surface area contributed by atoms with Crippen LogP contribution in [0.1, 0.15) is 65.5 Å². The SMILES string of the molecule is C/C=C\C(=C/C)B(OC)C(C)C(C)C.C=C/C(=C\CCC)c1ccc(-c2cccc(C=C)c2)cc1. The van der Waals surface area contributed by atoms with Crippen molar-refractivity contribution in [3.05, 3.63) is 109 Å². The molecule has 0 aliphatic carbocycles. The van der Waals surface area contributed by atoms with Gasteiger partial charge in [-0.3, -0.25) is 0 Å². The highest BCUT2D eigenvalue weighted by molar-refractivity contribution is 6.62. The zero-order valence-corrected chi connectivity index (χ0v) is 23.1. The first-order valence-electron chi connectivity index (χ1n) is 12.8. The van der Waals surface area contributed by atoms with Gasteiger partial charge in [0.15, 0.2) is 0 Å². The third-order valence-electron chi connectivity index (χ3n) is 6.35.